The highest BCUT2D eigenvalue weighted by molar-refractivity contribution is 5.78. The number of allylic oxidation sites excluding steroid dienone is 1. The van der Waals surface area contributed by atoms with Gasteiger partial charge in [0.05, 0.1) is 11.0 Å². The van der Waals surface area contributed by atoms with Crippen LogP contribution < -0.4 is 5.32 Å². The monoisotopic (exact) mass is 307 g/mol. The SMILES string of the molecule is N#C/C(=C1\N[C@@H](c2ccccc2)CO1)c1ccc([N+](=O)[O-])cc1. The number of nitrogens with one attached hydrogen (secondary N) is 1. The van der Waals surface area contributed by atoms with Crippen molar-refractivity contribution in [1.82, 2.24) is 5.32 Å². The summed E-state index contributed by atoms with van der Waals surface area (Å²) >= 11 is 0. The van der Waals surface area contributed by atoms with Crippen LogP contribution in [0.2, 0.25) is 0 Å². The molecule has 0 unspecified atom stereocenters. The number of hydrogen-bond donors (Lipinski definition) is 1. The van der Waals surface area contributed by atoms with E-state index < -0.39 is 4.92 Å². The predicted molar refractivity (Wildman–Crippen MR) is 83.9 cm³/mol. The predicted octanol–water partition coefficient (Wildman–Crippen LogP) is 3.15. The Morgan fingerprint density at radius 2 is 1.91 bits per heavy atom. The zero-order valence-corrected chi connectivity index (χ0v) is 12.1. The third kappa shape index (κ3) is 2.99. The second kappa shape index (κ2) is 6.20. The molecule has 0 saturated carbocycles. The van der Waals surface area contributed by atoms with Crippen molar-refractivity contribution in [2.75, 3.05) is 6.61 Å². The van der Waals surface area contributed by atoms with Gasteiger partial charge in [0, 0.05) is 12.1 Å². The van der Waals surface area contributed by atoms with Gasteiger partial charge in [-0.15, -0.1) is 0 Å². The molecule has 1 aliphatic heterocycles. The van der Waals surface area contributed by atoms with E-state index in [1.165, 1.54) is 12.1 Å². The molecule has 0 amide bonds. The minimum Gasteiger partial charge on any atom is -0.476 e. The molecule has 1 N–H and O–H groups in total. The number of nitriles is 1. The van der Waals surface area contributed by atoms with Gasteiger partial charge in [-0.3, -0.25) is 10.1 Å². The Bertz CT molecular complexity index is 792. The molecule has 1 fully saturated rings. The van der Waals surface area contributed by atoms with E-state index in [0.29, 0.717) is 23.6 Å². The third-order valence-electron chi connectivity index (χ3n) is 3.61. The molecule has 0 spiro atoms. The Kier molecular flexibility index (Phi) is 3.93. The molecule has 3 rings (SSSR count). The summed E-state index contributed by atoms with van der Waals surface area (Å²) in [7, 11) is 0. The van der Waals surface area contributed by atoms with Crippen LogP contribution in [0.1, 0.15) is 17.2 Å². The lowest BCUT2D eigenvalue weighted by molar-refractivity contribution is -0.384. The van der Waals surface area contributed by atoms with E-state index in [-0.39, 0.29) is 11.7 Å². The molecule has 114 valence electrons. The zero-order valence-electron chi connectivity index (χ0n) is 12.1. The highest BCUT2D eigenvalue weighted by Gasteiger charge is 2.25. The lowest BCUT2D eigenvalue weighted by Gasteiger charge is -2.08. The fourth-order valence-electron chi connectivity index (χ4n) is 2.41. The first-order valence-electron chi connectivity index (χ1n) is 7.02. The van der Waals surface area contributed by atoms with Crippen molar-refractivity contribution in [2.45, 2.75) is 6.04 Å². The van der Waals surface area contributed by atoms with Gasteiger partial charge in [0.1, 0.15) is 18.2 Å². The number of nitro benzene ring substituents is 1. The van der Waals surface area contributed by atoms with Crippen molar-refractivity contribution >= 4 is 11.3 Å². The average molecular weight is 307 g/mol. The van der Waals surface area contributed by atoms with Crippen molar-refractivity contribution in [3.8, 4) is 6.07 Å². The quantitative estimate of drug-likeness (QED) is 0.534. The van der Waals surface area contributed by atoms with E-state index in [9.17, 15) is 15.4 Å². The lowest BCUT2D eigenvalue weighted by Crippen LogP contribution is -2.14. The average Bonchev–Trinajstić information content (AvgIpc) is 3.06. The van der Waals surface area contributed by atoms with Gasteiger partial charge in [0.25, 0.3) is 5.69 Å². The molecule has 0 aliphatic carbocycles. The van der Waals surface area contributed by atoms with Gasteiger partial charge >= 0.3 is 0 Å². The van der Waals surface area contributed by atoms with E-state index in [0.717, 1.165) is 5.56 Å². The van der Waals surface area contributed by atoms with Gasteiger partial charge in [-0.1, -0.05) is 30.3 Å². The maximum absolute atomic E-state index is 10.7. The molecule has 0 bridgehead atoms. The topological polar surface area (TPSA) is 88.2 Å². The van der Waals surface area contributed by atoms with Gasteiger partial charge in [0.15, 0.2) is 0 Å². The standard InChI is InChI=1S/C17H13N3O3/c18-10-15(12-6-8-14(9-7-12)20(21)22)17-19-16(11-23-17)13-4-2-1-3-5-13/h1-9,16,19H,11H2/b17-15-/t16-/m1/s1. The Balaban J connectivity index is 1.87. The molecule has 0 aromatic heterocycles. The summed E-state index contributed by atoms with van der Waals surface area (Å²) < 4.78 is 5.62. The molecule has 23 heavy (non-hydrogen) atoms. The van der Waals surface area contributed by atoms with E-state index in [2.05, 4.69) is 11.4 Å². The van der Waals surface area contributed by atoms with Crippen molar-refractivity contribution in [1.29, 1.82) is 5.26 Å². The molecular formula is C17H13N3O3. The summed E-state index contributed by atoms with van der Waals surface area (Å²) in [5, 5.41) is 23.3. The van der Waals surface area contributed by atoms with Crippen LogP contribution in [0.5, 0.6) is 0 Å². The molecule has 1 atom stereocenters. The Morgan fingerprint density at radius 3 is 2.52 bits per heavy atom. The van der Waals surface area contributed by atoms with Crippen molar-refractivity contribution in [3.05, 3.63) is 81.7 Å². The molecule has 1 heterocycles. The fraction of sp³-hybridized carbons (Fsp3) is 0.118. The molecular weight excluding hydrogens is 294 g/mol. The van der Waals surface area contributed by atoms with Crippen molar-refractivity contribution in [3.63, 3.8) is 0 Å². The van der Waals surface area contributed by atoms with Crippen LogP contribution >= 0.6 is 0 Å². The minimum atomic E-state index is -0.473. The molecule has 1 saturated heterocycles. The minimum absolute atomic E-state index is 0.0153. The number of hydrogen-bond acceptors (Lipinski definition) is 5. The van der Waals surface area contributed by atoms with Crippen LogP contribution in [0.25, 0.3) is 5.57 Å². The van der Waals surface area contributed by atoms with Gasteiger partial charge in [-0.05, 0) is 23.3 Å². The molecule has 1 aliphatic rings. The van der Waals surface area contributed by atoms with Crippen molar-refractivity contribution < 1.29 is 9.66 Å². The molecule has 6 nitrogen and oxygen atoms in total. The third-order valence-corrected chi connectivity index (χ3v) is 3.61. The Labute approximate surface area is 132 Å². The van der Waals surface area contributed by atoms with E-state index in [1.54, 1.807) is 12.1 Å². The summed E-state index contributed by atoms with van der Waals surface area (Å²) in [6.45, 7) is 0.428. The Morgan fingerprint density at radius 1 is 1.22 bits per heavy atom. The Hall–Kier alpha value is -3.33. The number of rotatable bonds is 3. The first-order valence-corrected chi connectivity index (χ1v) is 7.02. The van der Waals surface area contributed by atoms with E-state index >= 15 is 0 Å². The van der Waals surface area contributed by atoms with Gasteiger partial charge < -0.3 is 10.1 Å². The van der Waals surface area contributed by atoms with Crippen molar-refractivity contribution in [2.24, 2.45) is 0 Å². The summed E-state index contributed by atoms with van der Waals surface area (Å²) in [6.07, 6.45) is 0. The number of nitro groups is 1. The fourth-order valence-corrected chi connectivity index (χ4v) is 2.41. The van der Waals surface area contributed by atoms with Gasteiger partial charge in [-0.25, -0.2) is 0 Å². The van der Waals surface area contributed by atoms with Gasteiger partial charge in [-0.2, -0.15) is 5.26 Å². The highest BCUT2D eigenvalue weighted by Crippen LogP contribution is 2.27. The summed E-state index contributed by atoms with van der Waals surface area (Å²) in [5.41, 5.74) is 1.97. The van der Waals surface area contributed by atoms with Crippen LogP contribution in [-0.2, 0) is 4.74 Å². The molecule has 6 heteroatoms. The number of nitrogens with zero attached hydrogens (tertiary/aromatic N) is 2. The summed E-state index contributed by atoms with van der Waals surface area (Å²) in [5.74, 6) is 0.398. The first-order chi connectivity index (χ1) is 11.2. The first kappa shape index (κ1) is 14.6. The van der Waals surface area contributed by atoms with Crippen LogP contribution in [0.4, 0.5) is 5.69 Å². The van der Waals surface area contributed by atoms with Crippen LogP contribution in [0, 0.1) is 21.4 Å². The second-order valence-electron chi connectivity index (χ2n) is 5.04. The number of non-ortho nitro benzene ring substituents is 1. The van der Waals surface area contributed by atoms with Crippen LogP contribution in [0.3, 0.4) is 0 Å². The zero-order chi connectivity index (χ0) is 16.2. The number of ether oxygens (including phenoxy) is 1. The van der Waals surface area contributed by atoms with E-state index in [1.807, 2.05) is 30.3 Å². The largest absolute Gasteiger partial charge is 0.476 e. The molecule has 0 radical (unpaired) electrons. The van der Waals surface area contributed by atoms with Crippen LogP contribution in [0.15, 0.2) is 60.5 Å². The molecule has 2 aromatic carbocycles. The summed E-state index contributed by atoms with van der Waals surface area (Å²) in [4.78, 5) is 10.2. The smallest absolute Gasteiger partial charge is 0.269 e. The maximum Gasteiger partial charge on any atom is 0.269 e. The van der Waals surface area contributed by atoms with E-state index in [4.69, 9.17) is 4.74 Å². The van der Waals surface area contributed by atoms with Crippen LogP contribution in [-0.4, -0.2) is 11.5 Å². The lowest BCUT2D eigenvalue weighted by atomic mass is 10.1. The normalized spacial score (nSPS) is 18.5. The summed E-state index contributed by atoms with van der Waals surface area (Å²) in [6, 6.07) is 17.7. The number of benzene rings is 2. The molecule has 2 aromatic rings. The van der Waals surface area contributed by atoms with Gasteiger partial charge in [0.2, 0.25) is 5.88 Å². The second-order valence-corrected chi connectivity index (χ2v) is 5.04. The maximum atomic E-state index is 10.7. The highest BCUT2D eigenvalue weighted by atomic mass is 16.6.